The van der Waals surface area contributed by atoms with Crippen LogP contribution in [0.1, 0.15) is 32.3 Å². The highest BCUT2D eigenvalue weighted by atomic mass is 79.9. The maximum Gasteiger partial charge on any atom is 0.272 e. The molecular weight excluding hydrogens is 282 g/mol. The second-order valence-electron chi connectivity index (χ2n) is 4.44. The summed E-state index contributed by atoms with van der Waals surface area (Å²) in [7, 11) is 0. The molecule has 0 aliphatic carbocycles. The van der Waals surface area contributed by atoms with Crippen molar-refractivity contribution in [2.45, 2.75) is 37.9 Å². The summed E-state index contributed by atoms with van der Waals surface area (Å²) >= 11 is 3.62. The summed E-state index contributed by atoms with van der Waals surface area (Å²) in [5.41, 5.74) is 1.03. The number of benzene rings is 1. The Morgan fingerprint density at radius 3 is 2.65 bits per heavy atom. The van der Waals surface area contributed by atoms with Gasteiger partial charge in [-0.2, -0.15) is 0 Å². The molecule has 1 rings (SSSR count). The first-order valence-electron chi connectivity index (χ1n) is 5.91. The van der Waals surface area contributed by atoms with Crippen molar-refractivity contribution in [2.24, 2.45) is 5.92 Å². The largest absolute Gasteiger partial charge is 0.272 e. The van der Waals surface area contributed by atoms with Crippen LogP contribution in [0.15, 0.2) is 24.3 Å². The minimum absolute atomic E-state index is 0.223. The molecule has 0 N–H and O–H groups in total. The lowest BCUT2D eigenvalue weighted by atomic mass is 9.98. The Bertz CT molecular complexity index is 381. The predicted molar refractivity (Wildman–Crippen MR) is 73.6 cm³/mol. The van der Waals surface area contributed by atoms with Gasteiger partial charge < -0.3 is 0 Å². The van der Waals surface area contributed by atoms with Gasteiger partial charge in [0.2, 0.25) is 0 Å². The smallest absolute Gasteiger partial charge is 0.258 e. The summed E-state index contributed by atoms with van der Waals surface area (Å²) in [5.74, 6) is 0.641. The van der Waals surface area contributed by atoms with Gasteiger partial charge in [-0.3, -0.25) is 10.1 Å². The third kappa shape index (κ3) is 4.46. The van der Waals surface area contributed by atoms with Gasteiger partial charge in [-0.05, 0) is 18.8 Å². The number of hydrogen-bond donors (Lipinski definition) is 0. The van der Waals surface area contributed by atoms with E-state index < -0.39 is 0 Å². The average molecular weight is 300 g/mol. The molecule has 0 aliphatic rings. The van der Waals surface area contributed by atoms with Crippen LogP contribution in [-0.4, -0.2) is 9.75 Å². The topological polar surface area (TPSA) is 43.1 Å². The van der Waals surface area contributed by atoms with Gasteiger partial charge in [0, 0.05) is 16.5 Å². The Balaban J connectivity index is 2.71. The second-order valence-corrected chi connectivity index (χ2v) is 5.73. The van der Waals surface area contributed by atoms with E-state index in [4.69, 9.17) is 0 Å². The molecule has 17 heavy (non-hydrogen) atoms. The number of rotatable bonds is 6. The van der Waals surface area contributed by atoms with Crippen LogP contribution in [0.3, 0.4) is 0 Å². The number of halogens is 1. The number of alkyl halides is 1. The van der Waals surface area contributed by atoms with Crippen LogP contribution in [0.25, 0.3) is 0 Å². The summed E-state index contributed by atoms with van der Waals surface area (Å²) in [5, 5.41) is 10.9. The van der Waals surface area contributed by atoms with Crippen molar-refractivity contribution in [1.29, 1.82) is 0 Å². The molecule has 0 bridgehead atoms. The van der Waals surface area contributed by atoms with Gasteiger partial charge >= 0.3 is 0 Å². The molecule has 0 radical (unpaired) electrons. The van der Waals surface area contributed by atoms with Crippen molar-refractivity contribution in [1.82, 2.24) is 0 Å². The van der Waals surface area contributed by atoms with Crippen molar-refractivity contribution in [3.05, 3.63) is 39.9 Å². The molecule has 2 atom stereocenters. The fraction of sp³-hybridized carbons (Fsp3) is 0.538. The maximum absolute atomic E-state index is 10.9. The molecule has 94 valence electrons. The molecule has 0 amide bonds. The van der Waals surface area contributed by atoms with E-state index in [1.807, 2.05) is 12.1 Å². The molecule has 3 nitrogen and oxygen atoms in total. The first-order chi connectivity index (χ1) is 8.04. The molecule has 4 heteroatoms. The number of nitro groups is 1. The Morgan fingerprint density at radius 2 is 2.06 bits per heavy atom. The normalized spacial score (nSPS) is 14.3. The van der Waals surface area contributed by atoms with Crippen LogP contribution in [0.4, 0.5) is 5.69 Å². The van der Waals surface area contributed by atoms with Gasteiger partial charge in [0.05, 0.1) is 4.92 Å². The summed E-state index contributed by atoms with van der Waals surface area (Å²) < 4.78 is 0. The molecule has 0 fully saturated rings. The van der Waals surface area contributed by atoms with Gasteiger partial charge in [-0.15, -0.1) is 0 Å². The molecule has 0 saturated heterocycles. The SMILES string of the molecule is CCC(C)CC(Br)Cc1ccccc1[N+](=O)[O-]. The number of nitro benzene ring substituents is 1. The zero-order chi connectivity index (χ0) is 12.8. The van der Waals surface area contributed by atoms with Crippen LogP contribution in [0, 0.1) is 16.0 Å². The van der Waals surface area contributed by atoms with E-state index in [0.717, 1.165) is 18.4 Å². The van der Waals surface area contributed by atoms with E-state index in [0.29, 0.717) is 17.2 Å². The number of hydrogen-bond acceptors (Lipinski definition) is 2. The van der Waals surface area contributed by atoms with Crippen molar-refractivity contribution in [3.63, 3.8) is 0 Å². The molecule has 0 aliphatic heterocycles. The van der Waals surface area contributed by atoms with E-state index in [-0.39, 0.29) is 10.6 Å². The lowest BCUT2D eigenvalue weighted by Crippen LogP contribution is -2.09. The molecule has 0 aromatic heterocycles. The zero-order valence-corrected chi connectivity index (χ0v) is 11.8. The second kappa shape index (κ2) is 6.74. The number of nitrogens with zero attached hydrogens (tertiary/aromatic N) is 1. The third-order valence-electron chi connectivity index (χ3n) is 2.98. The van der Waals surface area contributed by atoms with Crippen LogP contribution in [0.2, 0.25) is 0 Å². The summed E-state index contributed by atoms with van der Waals surface area (Å²) in [6, 6.07) is 6.96. The lowest BCUT2D eigenvalue weighted by molar-refractivity contribution is -0.385. The van der Waals surface area contributed by atoms with Gasteiger partial charge in [0.1, 0.15) is 0 Å². The van der Waals surface area contributed by atoms with Crippen LogP contribution in [0.5, 0.6) is 0 Å². The highest BCUT2D eigenvalue weighted by Gasteiger charge is 2.16. The Kier molecular flexibility index (Phi) is 5.62. The third-order valence-corrected chi connectivity index (χ3v) is 3.68. The predicted octanol–water partition coefficient (Wildman–Crippen LogP) is 4.34. The molecule has 1 aromatic carbocycles. The van der Waals surface area contributed by atoms with Crippen molar-refractivity contribution in [2.75, 3.05) is 0 Å². The van der Waals surface area contributed by atoms with E-state index in [9.17, 15) is 10.1 Å². The van der Waals surface area contributed by atoms with E-state index >= 15 is 0 Å². The first kappa shape index (κ1) is 14.2. The molecular formula is C13H18BrNO2. The van der Waals surface area contributed by atoms with E-state index in [1.165, 1.54) is 0 Å². The standard InChI is InChI=1S/C13H18BrNO2/c1-3-10(2)8-12(14)9-11-6-4-5-7-13(11)15(16)17/h4-7,10,12H,3,8-9H2,1-2H3. The zero-order valence-electron chi connectivity index (χ0n) is 10.2. The minimum atomic E-state index is -0.307. The summed E-state index contributed by atoms with van der Waals surface area (Å²) in [6.45, 7) is 4.36. The monoisotopic (exact) mass is 299 g/mol. The van der Waals surface area contributed by atoms with Crippen molar-refractivity contribution < 1.29 is 4.92 Å². The van der Waals surface area contributed by atoms with Crippen LogP contribution < -0.4 is 0 Å². The molecule has 0 heterocycles. The molecule has 0 spiro atoms. The average Bonchev–Trinajstić information content (AvgIpc) is 2.29. The molecule has 1 aromatic rings. The fourth-order valence-corrected chi connectivity index (χ4v) is 2.77. The molecule has 2 unspecified atom stereocenters. The van der Waals surface area contributed by atoms with Crippen LogP contribution in [-0.2, 0) is 6.42 Å². The van der Waals surface area contributed by atoms with Crippen molar-refractivity contribution in [3.8, 4) is 0 Å². The highest BCUT2D eigenvalue weighted by Crippen LogP contribution is 2.25. The fourth-order valence-electron chi connectivity index (χ4n) is 1.79. The van der Waals surface area contributed by atoms with Gasteiger partial charge in [0.25, 0.3) is 5.69 Å². The Labute approximate surface area is 111 Å². The Morgan fingerprint density at radius 1 is 1.41 bits per heavy atom. The highest BCUT2D eigenvalue weighted by molar-refractivity contribution is 9.09. The Hall–Kier alpha value is -0.900. The quantitative estimate of drug-likeness (QED) is 0.445. The lowest BCUT2D eigenvalue weighted by Gasteiger charge is -2.14. The van der Waals surface area contributed by atoms with Crippen LogP contribution >= 0.6 is 15.9 Å². The van der Waals surface area contributed by atoms with E-state index in [1.54, 1.807) is 12.1 Å². The van der Waals surface area contributed by atoms with Gasteiger partial charge in [-0.25, -0.2) is 0 Å². The summed E-state index contributed by atoms with van der Waals surface area (Å²) in [6.07, 6.45) is 2.89. The van der Waals surface area contributed by atoms with Gasteiger partial charge in [0.15, 0.2) is 0 Å². The van der Waals surface area contributed by atoms with E-state index in [2.05, 4.69) is 29.8 Å². The first-order valence-corrected chi connectivity index (χ1v) is 6.82. The minimum Gasteiger partial charge on any atom is -0.258 e. The maximum atomic E-state index is 10.9. The molecule has 0 saturated carbocycles. The summed E-state index contributed by atoms with van der Waals surface area (Å²) in [4.78, 5) is 10.9. The van der Waals surface area contributed by atoms with Crippen molar-refractivity contribution >= 4 is 21.6 Å². The number of para-hydroxylation sites is 1. The van der Waals surface area contributed by atoms with Gasteiger partial charge in [-0.1, -0.05) is 54.4 Å².